The first-order valence-corrected chi connectivity index (χ1v) is 11.5. The molecule has 0 bridgehead atoms. The van der Waals surface area contributed by atoms with Gasteiger partial charge in [-0.1, -0.05) is 52.3 Å². The third-order valence-corrected chi connectivity index (χ3v) is 9.44. The number of hydrogen-bond donors (Lipinski definition) is 0. The smallest absolute Gasteiger partial charge is 0.330 e. The van der Waals surface area contributed by atoms with E-state index in [0.717, 1.165) is 18.4 Å². The molecule has 0 aromatic carbocycles. The average Bonchev–Trinajstić information content (AvgIpc) is 2.56. The Balaban J connectivity index is 4.72. The molecule has 0 N–H and O–H groups in total. The topological polar surface area (TPSA) is 35.5 Å². The highest BCUT2D eigenvalue weighted by molar-refractivity contribution is 6.73. The molecule has 134 valence electrons. The van der Waals surface area contributed by atoms with Crippen LogP contribution in [0.25, 0.3) is 0 Å². The van der Waals surface area contributed by atoms with E-state index in [1.165, 1.54) is 25.2 Å². The predicted octanol–water partition coefficient (Wildman–Crippen LogP) is 5.49. The molecule has 0 aliphatic carbocycles. The van der Waals surface area contributed by atoms with E-state index in [1.54, 1.807) is 6.08 Å². The summed E-state index contributed by atoms with van der Waals surface area (Å²) in [6.45, 7) is 13.2. The monoisotopic (exact) mass is 340 g/mol. The number of hydrogen-bond acceptors (Lipinski definition) is 3. The highest BCUT2D eigenvalue weighted by Crippen LogP contribution is 2.27. The Morgan fingerprint density at radius 3 is 2.13 bits per heavy atom. The molecule has 0 unspecified atom stereocenters. The van der Waals surface area contributed by atoms with E-state index in [1.807, 2.05) is 6.92 Å². The summed E-state index contributed by atoms with van der Waals surface area (Å²) in [5, 5.41) is 0. The van der Waals surface area contributed by atoms with Gasteiger partial charge >= 0.3 is 5.97 Å². The lowest BCUT2D eigenvalue weighted by Gasteiger charge is -2.35. The summed E-state index contributed by atoms with van der Waals surface area (Å²) < 4.78 is 11.3. The van der Waals surface area contributed by atoms with Crippen molar-refractivity contribution in [3.8, 4) is 0 Å². The molecule has 23 heavy (non-hydrogen) atoms. The molecule has 0 spiro atoms. The number of rotatable bonds is 11. The third kappa shape index (κ3) is 7.98. The summed E-state index contributed by atoms with van der Waals surface area (Å²) in [7, 11) is -0.157. The van der Waals surface area contributed by atoms with Crippen LogP contribution in [-0.2, 0) is 14.0 Å². The van der Waals surface area contributed by atoms with Crippen LogP contribution in [0.5, 0.6) is 0 Å². The lowest BCUT2D eigenvalue weighted by Crippen LogP contribution is -2.41. The average molecular weight is 341 g/mol. The molecule has 0 aliphatic heterocycles. The summed E-state index contributed by atoms with van der Waals surface area (Å²) >= 11 is 0. The lowest BCUT2D eigenvalue weighted by atomic mass is 10.0. The maximum Gasteiger partial charge on any atom is 0.330 e. The highest BCUT2D eigenvalue weighted by Gasteiger charge is 2.32. The fraction of sp³-hybridized carbons (Fsp3) is 0.737. The van der Waals surface area contributed by atoms with Crippen molar-refractivity contribution in [2.45, 2.75) is 78.6 Å². The normalized spacial score (nSPS) is 15.7. The maximum atomic E-state index is 11.2. The molecule has 0 rings (SSSR count). The third-order valence-electron chi connectivity index (χ3n) is 4.77. The van der Waals surface area contributed by atoms with Crippen LogP contribution in [0, 0.1) is 5.92 Å². The highest BCUT2D eigenvalue weighted by atomic mass is 28.4. The van der Waals surface area contributed by atoms with E-state index in [2.05, 4.69) is 51.5 Å². The van der Waals surface area contributed by atoms with Crippen LogP contribution < -0.4 is 0 Å². The van der Waals surface area contributed by atoms with E-state index in [9.17, 15) is 4.79 Å². The van der Waals surface area contributed by atoms with Crippen molar-refractivity contribution in [3.63, 3.8) is 0 Å². The van der Waals surface area contributed by atoms with Crippen molar-refractivity contribution in [1.82, 2.24) is 0 Å². The number of carbonyl (C=O) groups is 1. The molecule has 0 heterocycles. The van der Waals surface area contributed by atoms with Crippen LogP contribution in [-0.4, -0.2) is 27.5 Å². The minimum atomic E-state index is -1.56. The largest absolute Gasteiger partial charge is 0.466 e. The van der Waals surface area contributed by atoms with E-state index in [0.29, 0.717) is 12.0 Å². The van der Waals surface area contributed by atoms with Gasteiger partial charge in [-0.25, -0.2) is 4.79 Å². The standard InChI is InChI=1S/C19H36O3Si/c1-8-18(22-23(9-2,10-3)11-4)17(6)14-12-13-16(5)15-19(20)21-7/h12,14-15,17-18H,8-11,13H2,1-7H3/b14-12+,16-15+/t17-,18-/m0/s1. The molecule has 0 fully saturated rings. The van der Waals surface area contributed by atoms with Gasteiger partial charge in [-0.2, -0.15) is 0 Å². The minimum absolute atomic E-state index is 0.289. The number of ether oxygens (including phenoxy) is 1. The van der Waals surface area contributed by atoms with Gasteiger partial charge < -0.3 is 9.16 Å². The van der Waals surface area contributed by atoms with Gasteiger partial charge in [0, 0.05) is 6.08 Å². The van der Waals surface area contributed by atoms with Crippen molar-refractivity contribution >= 4 is 14.3 Å². The number of allylic oxidation sites excluding steroid dienone is 2. The van der Waals surface area contributed by atoms with Crippen LogP contribution in [0.3, 0.4) is 0 Å². The van der Waals surface area contributed by atoms with Crippen LogP contribution >= 0.6 is 0 Å². The number of esters is 1. The molecule has 0 saturated heterocycles. The van der Waals surface area contributed by atoms with E-state index in [-0.39, 0.29) is 5.97 Å². The quantitative estimate of drug-likeness (QED) is 0.216. The Labute approximate surface area is 144 Å². The van der Waals surface area contributed by atoms with Crippen molar-refractivity contribution in [2.24, 2.45) is 5.92 Å². The molecule has 0 aromatic heterocycles. The second kappa shape index (κ2) is 11.6. The Hall–Kier alpha value is -0.873. The van der Waals surface area contributed by atoms with E-state index < -0.39 is 8.32 Å². The van der Waals surface area contributed by atoms with Gasteiger partial charge in [-0.3, -0.25) is 0 Å². The molecule has 4 heteroatoms. The van der Waals surface area contributed by atoms with Crippen LogP contribution in [0.15, 0.2) is 23.8 Å². The van der Waals surface area contributed by atoms with Gasteiger partial charge in [0.1, 0.15) is 0 Å². The Morgan fingerprint density at radius 1 is 1.13 bits per heavy atom. The second-order valence-corrected chi connectivity index (χ2v) is 11.0. The molecule has 0 radical (unpaired) electrons. The molecule has 0 amide bonds. The molecular formula is C19H36O3Si. The Bertz CT molecular complexity index is 389. The summed E-state index contributed by atoms with van der Waals surface area (Å²) in [6.07, 6.45) is 8.01. The zero-order valence-electron chi connectivity index (χ0n) is 16.1. The van der Waals surface area contributed by atoms with Crippen molar-refractivity contribution < 1.29 is 14.0 Å². The molecule has 0 aliphatic rings. The van der Waals surface area contributed by atoms with Crippen molar-refractivity contribution in [1.29, 1.82) is 0 Å². The molecular weight excluding hydrogens is 304 g/mol. The van der Waals surface area contributed by atoms with Gasteiger partial charge in [-0.05, 0) is 43.8 Å². The zero-order valence-corrected chi connectivity index (χ0v) is 17.1. The Kier molecular flexibility index (Phi) is 11.2. The van der Waals surface area contributed by atoms with E-state index >= 15 is 0 Å². The lowest BCUT2D eigenvalue weighted by molar-refractivity contribution is -0.134. The maximum absolute atomic E-state index is 11.2. The molecule has 3 nitrogen and oxygen atoms in total. The van der Waals surface area contributed by atoms with Crippen molar-refractivity contribution in [3.05, 3.63) is 23.8 Å². The van der Waals surface area contributed by atoms with Gasteiger partial charge in [0.25, 0.3) is 0 Å². The molecule has 2 atom stereocenters. The summed E-state index contributed by atoms with van der Waals surface area (Å²) in [4.78, 5) is 11.2. The second-order valence-electron chi connectivity index (χ2n) is 6.31. The summed E-state index contributed by atoms with van der Waals surface area (Å²) in [6, 6.07) is 3.57. The Morgan fingerprint density at radius 2 is 1.70 bits per heavy atom. The number of carbonyl (C=O) groups excluding carboxylic acids is 1. The first-order valence-electron chi connectivity index (χ1n) is 8.97. The van der Waals surface area contributed by atoms with Gasteiger partial charge in [-0.15, -0.1) is 0 Å². The molecule has 0 saturated carbocycles. The van der Waals surface area contributed by atoms with Crippen LogP contribution in [0.4, 0.5) is 0 Å². The number of methoxy groups -OCH3 is 1. The van der Waals surface area contributed by atoms with Gasteiger partial charge in [0.05, 0.1) is 13.2 Å². The zero-order chi connectivity index (χ0) is 17.9. The van der Waals surface area contributed by atoms with Crippen LogP contribution in [0.2, 0.25) is 18.1 Å². The fourth-order valence-corrected chi connectivity index (χ4v) is 5.82. The predicted molar refractivity (Wildman–Crippen MR) is 101 cm³/mol. The van der Waals surface area contributed by atoms with Gasteiger partial charge in [0.2, 0.25) is 0 Å². The first-order chi connectivity index (χ1) is 10.9. The summed E-state index contributed by atoms with van der Waals surface area (Å²) in [5.41, 5.74) is 1.01. The molecule has 0 aromatic rings. The summed E-state index contributed by atoms with van der Waals surface area (Å²) in [5.74, 6) is 0.103. The first kappa shape index (κ1) is 22.1. The SMILES string of the molecule is CC[C@H](O[Si](CC)(CC)CC)[C@@H](C)/C=C/C/C(C)=C/C(=O)OC. The van der Waals surface area contributed by atoms with Crippen molar-refractivity contribution in [2.75, 3.05) is 7.11 Å². The van der Waals surface area contributed by atoms with Crippen LogP contribution in [0.1, 0.15) is 54.4 Å². The fourth-order valence-electron chi connectivity index (χ4n) is 2.80. The van der Waals surface area contributed by atoms with E-state index in [4.69, 9.17) is 4.43 Å². The van der Waals surface area contributed by atoms with Gasteiger partial charge in [0.15, 0.2) is 8.32 Å². The minimum Gasteiger partial charge on any atom is -0.466 e.